The zero-order valence-corrected chi connectivity index (χ0v) is 18.5. The minimum Gasteiger partial charge on any atom is -0.467 e. The maximum atomic E-state index is 6.31. The Balaban J connectivity index is 1.46. The van der Waals surface area contributed by atoms with Crippen molar-refractivity contribution >= 4 is 29.1 Å². The summed E-state index contributed by atoms with van der Waals surface area (Å²) in [6.45, 7) is 2.63. The number of pyridine rings is 1. The molecule has 1 aromatic carbocycles. The van der Waals surface area contributed by atoms with Gasteiger partial charge in [0.1, 0.15) is 17.6 Å². The van der Waals surface area contributed by atoms with Gasteiger partial charge in [-0.25, -0.2) is 0 Å². The molecule has 4 aromatic rings. The Labute approximate surface area is 190 Å². The molecule has 4 heterocycles. The lowest BCUT2D eigenvalue weighted by atomic mass is 10.0. The lowest BCUT2D eigenvalue weighted by Gasteiger charge is -2.25. The fourth-order valence-electron chi connectivity index (χ4n) is 3.73. The first-order valence-corrected chi connectivity index (χ1v) is 11.2. The van der Waals surface area contributed by atoms with Gasteiger partial charge in [0.15, 0.2) is 10.2 Å². The first kappa shape index (κ1) is 19.9. The number of furan rings is 2. The number of aromatic nitrogens is 1. The number of aryl methyl sites for hydroxylation is 1. The van der Waals surface area contributed by atoms with Crippen LogP contribution in [0.5, 0.6) is 0 Å². The summed E-state index contributed by atoms with van der Waals surface area (Å²) >= 11 is 7.30. The molecule has 5 rings (SSSR count). The third kappa shape index (κ3) is 4.24. The van der Waals surface area contributed by atoms with Crippen molar-refractivity contribution in [3.05, 3.63) is 102 Å². The molecule has 2 atom stereocenters. The maximum Gasteiger partial charge on any atom is 0.170 e. The van der Waals surface area contributed by atoms with Crippen LogP contribution in [0.3, 0.4) is 0 Å². The zero-order valence-electron chi connectivity index (χ0n) is 16.9. The average molecular weight is 448 g/mol. The van der Waals surface area contributed by atoms with Crippen molar-refractivity contribution in [1.82, 2.24) is 15.2 Å². The van der Waals surface area contributed by atoms with E-state index in [4.69, 9.17) is 21.1 Å². The molecule has 0 unspecified atom stereocenters. The van der Waals surface area contributed by atoms with Gasteiger partial charge in [0.05, 0.1) is 24.5 Å². The van der Waals surface area contributed by atoms with E-state index in [1.54, 1.807) is 24.2 Å². The zero-order chi connectivity index (χ0) is 21.2. The van der Waals surface area contributed by atoms with E-state index < -0.39 is 0 Å². The molecule has 156 valence electrons. The highest BCUT2D eigenvalue weighted by Crippen LogP contribution is 2.41. The van der Waals surface area contributed by atoms with Crippen molar-refractivity contribution in [2.75, 3.05) is 0 Å². The number of nitrogens with zero attached hydrogens (tertiary/aromatic N) is 2. The van der Waals surface area contributed by atoms with Crippen molar-refractivity contribution in [3.8, 4) is 0 Å². The maximum absolute atomic E-state index is 6.31. The van der Waals surface area contributed by atoms with Crippen LogP contribution in [-0.2, 0) is 6.54 Å². The molecule has 1 aliphatic rings. The molecule has 1 N–H and O–H groups in total. The van der Waals surface area contributed by atoms with E-state index in [1.807, 2.05) is 42.5 Å². The molecule has 0 saturated carbocycles. The summed E-state index contributed by atoms with van der Waals surface area (Å²) in [5.41, 5.74) is 2.16. The van der Waals surface area contributed by atoms with Crippen LogP contribution in [0.1, 0.15) is 34.9 Å². The average Bonchev–Trinajstić information content (AvgIpc) is 3.52. The Morgan fingerprint density at radius 3 is 2.68 bits per heavy atom. The summed E-state index contributed by atoms with van der Waals surface area (Å²) in [6.07, 6.45) is 3.48. The summed E-state index contributed by atoms with van der Waals surface area (Å²) < 4.78 is 11.9. The van der Waals surface area contributed by atoms with Crippen LogP contribution >= 0.6 is 24.0 Å². The van der Waals surface area contributed by atoms with Crippen molar-refractivity contribution in [2.45, 2.75) is 35.5 Å². The standard InChI is InChI=1S/C24H21N3O2S2/c1-16-7-9-18(10-8-16)31-21-12-11-20(29-21)23-22(19-6-2-3-13-25-19)26-24(30)27(23)15-17-5-4-14-28-17/h2-14,22-23H,15H2,1H3,(H,26,30)/t22-,23+/m0/s1. The molecule has 0 bridgehead atoms. The SMILES string of the molecule is Cc1ccc(Sc2ccc([C@@H]3[C@H](c4ccccn4)NC(=S)N3Cc3ccco3)o2)cc1. The smallest absolute Gasteiger partial charge is 0.170 e. The predicted octanol–water partition coefficient (Wildman–Crippen LogP) is 5.90. The van der Waals surface area contributed by atoms with Gasteiger partial charge >= 0.3 is 0 Å². The molecule has 5 nitrogen and oxygen atoms in total. The van der Waals surface area contributed by atoms with Crippen molar-refractivity contribution in [2.24, 2.45) is 0 Å². The highest BCUT2D eigenvalue weighted by Gasteiger charge is 2.42. The van der Waals surface area contributed by atoms with Gasteiger partial charge in [-0.1, -0.05) is 35.5 Å². The Hall–Kier alpha value is -3.03. The molecule has 31 heavy (non-hydrogen) atoms. The van der Waals surface area contributed by atoms with Crippen LogP contribution < -0.4 is 5.32 Å². The minimum absolute atomic E-state index is 0.118. The van der Waals surface area contributed by atoms with Gasteiger partial charge in [-0.15, -0.1) is 0 Å². The molecule has 0 aliphatic carbocycles. The normalized spacial score (nSPS) is 18.4. The van der Waals surface area contributed by atoms with Crippen LogP contribution in [0.4, 0.5) is 0 Å². The highest BCUT2D eigenvalue weighted by molar-refractivity contribution is 7.99. The van der Waals surface area contributed by atoms with Crippen molar-refractivity contribution in [3.63, 3.8) is 0 Å². The Morgan fingerprint density at radius 2 is 1.94 bits per heavy atom. The Morgan fingerprint density at radius 1 is 1.06 bits per heavy atom. The fourth-order valence-corrected chi connectivity index (χ4v) is 4.81. The van der Waals surface area contributed by atoms with E-state index in [9.17, 15) is 0 Å². The molecule has 1 saturated heterocycles. The van der Waals surface area contributed by atoms with E-state index in [1.165, 1.54) is 5.56 Å². The van der Waals surface area contributed by atoms with E-state index >= 15 is 0 Å². The van der Waals surface area contributed by atoms with Crippen LogP contribution in [-0.4, -0.2) is 15.0 Å². The van der Waals surface area contributed by atoms with E-state index in [0.717, 1.165) is 27.2 Å². The summed E-state index contributed by atoms with van der Waals surface area (Å²) in [5, 5.41) is 4.93. The number of rotatable bonds is 6. The number of benzene rings is 1. The second-order valence-electron chi connectivity index (χ2n) is 7.41. The van der Waals surface area contributed by atoms with Crippen LogP contribution in [0.2, 0.25) is 0 Å². The van der Waals surface area contributed by atoms with Gasteiger partial charge < -0.3 is 19.1 Å². The van der Waals surface area contributed by atoms with Crippen LogP contribution in [0, 0.1) is 6.92 Å². The van der Waals surface area contributed by atoms with Gasteiger partial charge in [-0.2, -0.15) is 0 Å². The second kappa shape index (κ2) is 8.61. The minimum atomic E-state index is -0.139. The fraction of sp³-hybridized carbons (Fsp3) is 0.167. The third-order valence-corrected chi connectivity index (χ3v) is 6.52. The quantitative estimate of drug-likeness (QED) is 0.369. The summed E-state index contributed by atoms with van der Waals surface area (Å²) in [4.78, 5) is 7.81. The Kier molecular flexibility index (Phi) is 5.53. The van der Waals surface area contributed by atoms with Crippen molar-refractivity contribution in [1.29, 1.82) is 0 Å². The highest BCUT2D eigenvalue weighted by atomic mass is 32.2. The third-order valence-electron chi connectivity index (χ3n) is 5.24. The number of nitrogens with one attached hydrogen (secondary N) is 1. The molecule has 0 spiro atoms. The molecule has 7 heteroatoms. The summed E-state index contributed by atoms with van der Waals surface area (Å²) in [7, 11) is 0. The van der Waals surface area contributed by atoms with E-state index in [2.05, 4.69) is 46.4 Å². The van der Waals surface area contributed by atoms with Gasteiger partial charge in [-0.3, -0.25) is 4.98 Å². The first-order chi connectivity index (χ1) is 15.2. The molecule has 3 aromatic heterocycles. The lowest BCUT2D eigenvalue weighted by Crippen LogP contribution is -2.28. The predicted molar refractivity (Wildman–Crippen MR) is 124 cm³/mol. The lowest BCUT2D eigenvalue weighted by molar-refractivity contribution is 0.241. The summed E-state index contributed by atoms with van der Waals surface area (Å²) in [5.74, 6) is 1.68. The number of hydrogen-bond acceptors (Lipinski definition) is 5. The molecule has 1 aliphatic heterocycles. The molecular weight excluding hydrogens is 426 g/mol. The van der Waals surface area contributed by atoms with E-state index in [0.29, 0.717) is 11.7 Å². The second-order valence-corrected chi connectivity index (χ2v) is 8.87. The molecular formula is C24H21N3O2S2. The Bertz CT molecular complexity index is 1160. The van der Waals surface area contributed by atoms with Crippen LogP contribution in [0.15, 0.2) is 98.0 Å². The molecule has 0 amide bonds. The van der Waals surface area contributed by atoms with Gasteiger partial charge in [-0.05, 0) is 67.7 Å². The van der Waals surface area contributed by atoms with Gasteiger partial charge in [0.2, 0.25) is 0 Å². The monoisotopic (exact) mass is 447 g/mol. The van der Waals surface area contributed by atoms with Gasteiger partial charge in [0, 0.05) is 11.1 Å². The van der Waals surface area contributed by atoms with Crippen molar-refractivity contribution < 1.29 is 8.83 Å². The number of hydrogen-bond donors (Lipinski definition) is 1. The van der Waals surface area contributed by atoms with E-state index in [-0.39, 0.29) is 12.1 Å². The largest absolute Gasteiger partial charge is 0.467 e. The summed E-state index contributed by atoms with van der Waals surface area (Å²) in [6, 6.07) is 22.0. The molecule has 0 radical (unpaired) electrons. The van der Waals surface area contributed by atoms with Crippen LogP contribution in [0.25, 0.3) is 0 Å². The van der Waals surface area contributed by atoms with Gasteiger partial charge in [0.25, 0.3) is 0 Å². The number of thiocarbonyl (C=S) groups is 1. The topological polar surface area (TPSA) is 54.4 Å². The molecule has 1 fully saturated rings. The first-order valence-electron chi connectivity index (χ1n) is 10.0.